The molecule has 0 radical (unpaired) electrons. The molecule has 0 saturated carbocycles. The van der Waals surface area contributed by atoms with Crippen LogP contribution in [0.2, 0.25) is 0 Å². The van der Waals surface area contributed by atoms with Crippen LogP contribution in [0.1, 0.15) is 17.8 Å². The van der Waals surface area contributed by atoms with Gasteiger partial charge in [-0.25, -0.2) is 0 Å². The molecule has 0 amide bonds. The van der Waals surface area contributed by atoms with Gasteiger partial charge >= 0.3 is 0 Å². The van der Waals surface area contributed by atoms with Crippen LogP contribution in [-0.4, -0.2) is 27.8 Å². The third kappa shape index (κ3) is 1.87. The van der Waals surface area contributed by atoms with Crippen LogP contribution in [0.15, 0.2) is 18.2 Å². The van der Waals surface area contributed by atoms with Gasteiger partial charge in [-0.05, 0) is 23.9 Å². The highest BCUT2D eigenvalue weighted by atomic mass is 16.5. The van der Waals surface area contributed by atoms with Crippen molar-refractivity contribution < 1.29 is 14.1 Å². The quantitative estimate of drug-likeness (QED) is 0.782. The first-order chi connectivity index (χ1) is 9.65. The number of hydrogen-bond acceptors (Lipinski definition) is 3. The van der Waals surface area contributed by atoms with Crippen LogP contribution in [0, 0.1) is 6.92 Å². The molecule has 1 aliphatic rings. The van der Waals surface area contributed by atoms with Crippen LogP contribution in [-0.2, 0) is 6.42 Å². The molecule has 0 atom stereocenters. The summed E-state index contributed by atoms with van der Waals surface area (Å²) < 4.78 is 13.2. The van der Waals surface area contributed by atoms with Crippen LogP contribution in [0.25, 0.3) is 10.8 Å². The molecule has 0 saturated heterocycles. The van der Waals surface area contributed by atoms with Gasteiger partial charge in [0.2, 0.25) is 11.4 Å². The number of nitrogens with zero attached hydrogens (tertiary/aromatic N) is 2. The number of aromatic nitrogens is 1. The Morgan fingerprint density at radius 1 is 1.10 bits per heavy atom. The minimum Gasteiger partial charge on any atom is -0.493 e. The van der Waals surface area contributed by atoms with E-state index in [1.807, 2.05) is 0 Å². The zero-order valence-electron chi connectivity index (χ0n) is 12.6. The van der Waals surface area contributed by atoms with Crippen LogP contribution < -0.4 is 19.2 Å². The number of benzene rings is 1. The topological polar surface area (TPSA) is 25.6 Å². The third-order valence-corrected chi connectivity index (χ3v) is 4.06. The number of pyridine rings is 1. The lowest BCUT2D eigenvalue weighted by Crippen LogP contribution is -2.62. The number of aryl methyl sites for hydroxylation is 2. The Kier molecular flexibility index (Phi) is 3.16. The molecule has 1 aromatic carbocycles. The molecule has 0 aliphatic carbocycles. The van der Waals surface area contributed by atoms with Gasteiger partial charge in [0.1, 0.15) is 0 Å². The number of fused-ring (bicyclic) bond motifs is 3. The van der Waals surface area contributed by atoms with Gasteiger partial charge in [0.05, 0.1) is 33.2 Å². The first-order valence-electron chi connectivity index (χ1n) is 6.97. The molecule has 0 spiro atoms. The van der Waals surface area contributed by atoms with Crippen molar-refractivity contribution in [3.63, 3.8) is 0 Å². The Balaban J connectivity index is 2.33. The SMILES string of the molecule is COc1cc2cc(C)[n+]3c(c2cc1OC)CCCN3C. The standard InChI is InChI=1S/C16H21N2O2/c1-11-8-12-9-15(19-3)16(20-4)10-13(12)14-6-5-7-17(2)18(11)14/h8-10H,5-7H2,1-4H3/q+1. The molecule has 1 aromatic heterocycles. The van der Waals surface area contributed by atoms with Crippen molar-refractivity contribution in [2.75, 3.05) is 32.8 Å². The maximum atomic E-state index is 5.44. The molecular formula is C16H21N2O2+. The summed E-state index contributed by atoms with van der Waals surface area (Å²) in [5.74, 6) is 1.58. The van der Waals surface area contributed by atoms with E-state index in [1.165, 1.54) is 28.6 Å². The van der Waals surface area contributed by atoms with E-state index in [0.717, 1.165) is 24.5 Å². The lowest BCUT2D eigenvalue weighted by molar-refractivity contribution is -0.706. The van der Waals surface area contributed by atoms with Crippen LogP contribution in [0.5, 0.6) is 11.5 Å². The molecule has 1 aliphatic heterocycles. The molecule has 20 heavy (non-hydrogen) atoms. The van der Waals surface area contributed by atoms with Gasteiger partial charge in [-0.15, -0.1) is 0 Å². The lowest BCUT2D eigenvalue weighted by Gasteiger charge is -2.23. The summed E-state index contributed by atoms with van der Waals surface area (Å²) in [5, 5.41) is 4.74. The Morgan fingerprint density at radius 2 is 1.80 bits per heavy atom. The van der Waals surface area contributed by atoms with E-state index < -0.39 is 0 Å². The minimum atomic E-state index is 0.786. The van der Waals surface area contributed by atoms with Gasteiger partial charge in [0.25, 0.3) is 0 Å². The molecule has 4 nitrogen and oxygen atoms in total. The highest BCUT2D eigenvalue weighted by Gasteiger charge is 2.27. The number of hydrogen-bond donors (Lipinski definition) is 0. The summed E-state index contributed by atoms with van der Waals surface area (Å²) in [5.41, 5.74) is 2.61. The predicted octanol–water partition coefficient (Wildman–Crippen LogP) is 1.97. The van der Waals surface area contributed by atoms with Crippen LogP contribution in [0.3, 0.4) is 0 Å². The molecule has 106 valence electrons. The number of methoxy groups -OCH3 is 2. The summed E-state index contributed by atoms with van der Waals surface area (Å²) in [7, 11) is 5.50. The second-order valence-corrected chi connectivity index (χ2v) is 5.32. The van der Waals surface area contributed by atoms with Gasteiger partial charge in [-0.2, -0.15) is 5.01 Å². The molecule has 0 bridgehead atoms. The zero-order chi connectivity index (χ0) is 14.3. The molecule has 0 unspecified atom stereocenters. The van der Waals surface area contributed by atoms with Crippen LogP contribution in [0.4, 0.5) is 0 Å². The van der Waals surface area contributed by atoms with E-state index in [-0.39, 0.29) is 0 Å². The second-order valence-electron chi connectivity index (χ2n) is 5.32. The first-order valence-corrected chi connectivity index (χ1v) is 6.97. The Morgan fingerprint density at radius 3 is 2.50 bits per heavy atom. The van der Waals surface area contributed by atoms with Crippen molar-refractivity contribution in [2.45, 2.75) is 19.8 Å². The molecule has 2 aromatic rings. The summed E-state index contributed by atoms with van der Waals surface area (Å²) in [4.78, 5) is 0. The summed E-state index contributed by atoms with van der Waals surface area (Å²) >= 11 is 0. The van der Waals surface area contributed by atoms with Crippen molar-refractivity contribution in [3.05, 3.63) is 29.6 Å². The zero-order valence-corrected chi connectivity index (χ0v) is 12.6. The first kappa shape index (κ1) is 13.0. The maximum absolute atomic E-state index is 5.44. The second kappa shape index (κ2) is 4.85. The summed E-state index contributed by atoms with van der Waals surface area (Å²) in [6.45, 7) is 3.25. The monoisotopic (exact) mass is 273 g/mol. The fourth-order valence-corrected chi connectivity index (χ4v) is 3.17. The van der Waals surface area contributed by atoms with Gasteiger partial charge in [-0.3, -0.25) is 0 Å². The minimum absolute atomic E-state index is 0.786. The van der Waals surface area contributed by atoms with E-state index >= 15 is 0 Å². The maximum Gasteiger partial charge on any atom is 0.220 e. The molecule has 2 heterocycles. The Bertz CT molecular complexity index is 667. The largest absolute Gasteiger partial charge is 0.493 e. The Hall–Kier alpha value is -1.97. The lowest BCUT2D eigenvalue weighted by atomic mass is 10.0. The van der Waals surface area contributed by atoms with E-state index in [0.29, 0.717) is 0 Å². The van der Waals surface area contributed by atoms with Gasteiger partial charge < -0.3 is 9.47 Å². The van der Waals surface area contributed by atoms with Crippen molar-refractivity contribution in [3.8, 4) is 11.5 Å². The number of ether oxygens (including phenoxy) is 2. The Labute approximate surface area is 119 Å². The average Bonchev–Trinajstić information content (AvgIpc) is 2.46. The normalized spacial score (nSPS) is 14.3. The van der Waals surface area contributed by atoms with Crippen LogP contribution >= 0.6 is 0 Å². The van der Waals surface area contributed by atoms with E-state index in [1.54, 1.807) is 14.2 Å². The van der Waals surface area contributed by atoms with Crippen molar-refractivity contribution >= 4 is 10.8 Å². The molecule has 4 heteroatoms. The van der Waals surface area contributed by atoms with Crippen molar-refractivity contribution in [2.24, 2.45) is 0 Å². The summed E-state index contributed by atoms with van der Waals surface area (Å²) in [6, 6.07) is 6.37. The average molecular weight is 273 g/mol. The highest BCUT2D eigenvalue weighted by molar-refractivity contribution is 5.87. The van der Waals surface area contributed by atoms with Gasteiger partial charge in [-0.1, -0.05) is 4.68 Å². The van der Waals surface area contributed by atoms with E-state index in [2.05, 4.69) is 41.9 Å². The van der Waals surface area contributed by atoms with E-state index in [4.69, 9.17) is 9.47 Å². The molecule has 3 rings (SSSR count). The van der Waals surface area contributed by atoms with Crippen molar-refractivity contribution in [1.29, 1.82) is 0 Å². The molecule has 0 fully saturated rings. The fourth-order valence-electron chi connectivity index (χ4n) is 3.17. The smallest absolute Gasteiger partial charge is 0.220 e. The fraction of sp³-hybridized carbons (Fsp3) is 0.438. The predicted molar refractivity (Wildman–Crippen MR) is 79.3 cm³/mol. The molecular weight excluding hydrogens is 252 g/mol. The summed E-state index contributed by atoms with van der Waals surface area (Å²) in [6.07, 6.45) is 2.28. The van der Waals surface area contributed by atoms with Gasteiger partial charge in [0.15, 0.2) is 11.5 Å². The van der Waals surface area contributed by atoms with E-state index in [9.17, 15) is 0 Å². The van der Waals surface area contributed by atoms with Crippen molar-refractivity contribution in [1.82, 2.24) is 0 Å². The molecule has 0 N–H and O–H groups in total. The van der Waals surface area contributed by atoms with Gasteiger partial charge in [0, 0.05) is 19.4 Å². The highest BCUT2D eigenvalue weighted by Crippen LogP contribution is 2.33. The third-order valence-electron chi connectivity index (χ3n) is 4.06. The number of rotatable bonds is 2.